The van der Waals surface area contributed by atoms with Crippen molar-refractivity contribution < 1.29 is 4.39 Å². The van der Waals surface area contributed by atoms with Crippen LogP contribution in [0.4, 0.5) is 16.3 Å². The van der Waals surface area contributed by atoms with Crippen molar-refractivity contribution in [1.29, 1.82) is 0 Å². The highest BCUT2D eigenvalue weighted by molar-refractivity contribution is 7.16. The van der Waals surface area contributed by atoms with Gasteiger partial charge in [-0.1, -0.05) is 18.5 Å². The number of alkyl halides is 1. The molecule has 5 nitrogen and oxygen atoms in total. The molecule has 0 saturated heterocycles. The van der Waals surface area contributed by atoms with Crippen LogP contribution in [-0.2, 0) is 5.67 Å². The second-order valence-electron chi connectivity index (χ2n) is 5.52. The lowest BCUT2D eigenvalue weighted by atomic mass is 10.1. The van der Waals surface area contributed by atoms with E-state index in [0.29, 0.717) is 0 Å². The average Bonchev–Trinajstić information content (AvgIpc) is 2.74. The Morgan fingerprint density at radius 3 is 2.59 bits per heavy atom. The fourth-order valence-corrected chi connectivity index (χ4v) is 3.26. The third-order valence-electron chi connectivity index (χ3n) is 3.12. The molecule has 0 aliphatic rings. The standard InChI is InChI=1S/C14H19ClFN5S/c1-5-8(9-6-7(2)10(15)22-9)18-13-20-11(14(3,4)16)19-12(17)21-13/h6,8H,5H2,1-4H3,(H3,17,18,19,20,21). The monoisotopic (exact) mass is 343 g/mol. The lowest BCUT2D eigenvalue weighted by Gasteiger charge is -2.18. The van der Waals surface area contributed by atoms with Gasteiger partial charge in [0, 0.05) is 4.88 Å². The van der Waals surface area contributed by atoms with E-state index < -0.39 is 5.67 Å². The van der Waals surface area contributed by atoms with Gasteiger partial charge in [0.05, 0.1) is 10.4 Å². The zero-order chi connectivity index (χ0) is 16.5. The summed E-state index contributed by atoms with van der Waals surface area (Å²) in [4.78, 5) is 13.1. The quantitative estimate of drug-likeness (QED) is 0.848. The number of rotatable bonds is 5. The second-order valence-corrected chi connectivity index (χ2v) is 7.21. The molecule has 0 aliphatic carbocycles. The molecule has 0 aliphatic heterocycles. The summed E-state index contributed by atoms with van der Waals surface area (Å²) in [5.74, 6) is 0.272. The number of aryl methyl sites for hydroxylation is 1. The Hall–Kier alpha value is -1.47. The molecule has 0 radical (unpaired) electrons. The number of hydrogen-bond donors (Lipinski definition) is 2. The number of anilines is 2. The highest BCUT2D eigenvalue weighted by atomic mass is 35.5. The van der Waals surface area contributed by atoms with Gasteiger partial charge in [0.1, 0.15) is 0 Å². The van der Waals surface area contributed by atoms with Gasteiger partial charge in [-0.25, -0.2) is 4.39 Å². The van der Waals surface area contributed by atoms with Crippen LogP contribution in [0.3, 0.4) is 0 Å². The highest BCUT2D eigenvalue weighted by Crippen LogP contribution is 2.34. The second kappa shape index (κ2) is 6.34. The van der Waals surface area contributed by atoms with E-state index in [1.54, 1.807) is 0 Å². The zero-order valence-corrected chi connectivity index (χ0v) is 14.5. The van der Waals surface area contributed by atoms with Crippen molar-refractivity contribution in [1.82, 2.24) is 15.0 Å². The maximum atomic E-state index is 14.0. The predicted octanol–water partition coefficient (Wildman–Crippen LogP) is 4.24. The molecule has 0 amide bonds. The molecule has 3 N–H and O–H groups in total. The molecule has 0 bridgehead atoms. The molecule has 8 heteroatoms. The molecule has 1 unspecified atom stereocenters. The van der Waals surface area contributed by atoms with E-state index in [-0.39, 0.29) is 23.8 Å². The third-order valence-corrected chi connectivity index (χ3v) is 4.78. The summed E-state index contributed by atoms with van der Waals surface area (Å²) < 4.78 is 14.8. The number of aromatic nitrogens is 3. The summed E-state index contributed by atoms with van der Waals surface area (Å²) in [6.07, 6.45) is 0.802. The molecule has 120 valence electrons. The van der Waals surface area contributed by atoms with Gasteiger partial charge in [-0.05, 0) is 38.8 Å². The number of halogens is 2. The minimum absolute atomic E-state index is 0.00605. The largest absolute Gasteiger partial charge is 0.368 e. The molecule has 0 spiro atoms. The van der Waals surface area contributed by atoms with E-state index in [1.807, 2.05) is 19.9 Å². The first-order valence-electron chi connectivity index (χ1n) is 6.94. The third kappa shape index (κ3) is 3.84. The van der Waals surface area contributed by atoms with E-state index in [2.05, 4.69) is 20.3 Å². The Morgan fingerprint density at radius 2 is 2.09 bits per heavy atom. The summed E-state index contributed by atoms with van der Waals surface area (Å²) in [7, 11) is 0. The van der Waals surface area contributed by atoms with E-state index >= 15 is 0 Å². The molecule has 2 aromatic rings. The van der Waals surface area contributed by atoms with Crippen molar-refractivity contribution in [2.45, 2.75) is 45.8 Å². The number of nitrogens with one attached hydrogen (secondary N) is 1. The first-order valence-corrected chi connectivity index (χ1v) is 8.13. The molecule has 2 rings (SSSR count). The summed E-state index contributed by atoms with van der Waals surface area (Å²) in [5, 5.41) is 3.18. The van der Waals surface area contributed by atoms with Crippen LogP contribution in [0.15, 0.2) is 6.07 Å². The van der Waals surface area contributed by atoms with Gasteiger partial charge in [-0.15, -0.1) is 11.3 Å². The van der Waals surface area contributed by atoms with Gasteiger partial charge in [0.15, 0.2) is 11.5 Å². The van der Waals surface area contributed by atoms with Crippen LogP contribution < -0.4 is 11.1 Å². The van der Waals surface area contributed by atoms with Crippen molar-refractivity contribution in [2.75, 3.05) is 11.1 Å². The van der Waals surface area contributed by atoms with E-state index in [4.69, 9.17) is 17.3 Å². The van der Waals surface area contributed by atoms with E-state index in [0.717, 1.165) is 21.2 Å². The van der Waals surface area contributed by atoms with Crippen LogP contribution in [0.2, 0.25) is 4.34 Å². The number of nitrogens with two attached hydrogens (primary N) is 1. The zero-order valence-electron chi connectivity index (χ0n) is 12.9. The summed E-state index contributed by atoms with van der Waals surface area (Å²) in [6, 6.07) is 2.01. The smallest absolute Gasteiger partial charge is 0.228 e. The normalized spacial score (nSPS) is 13.2. The van der Waals surface area contributed by atoms with Crippen molar-refractivity contribution in [3.8, 4) is 0 Å². The van der Waals surface area contributed by atoms with Crippen LogP contribution in [-0.4, -0.2) is 15.0 Å². The SMILES string of the molecule is CCC(Nc1nc(N)nc(C(C)(C)F)n1)c1cc(C)c(Cl)s1. The van der Waals surface area contributed by atoms with Crippen molar-refractivity contribution in [2.24, 2.45) is 0 Å². The fraction of sp³-hybridized carbons (Fsp3) is 0.500. The number of hydrogen-bond acceptors (Lipinski definition) is 6. The van der Waals surface area contributed by atoms with Gasteiger partial charge >= 0.3 is 0 Å². The number of thiophene rings is 1. The molecule has 2 aromatic heterocycles. The number of nitrogen functional groups attached to an aromatic ring is 1. The van der Waals surface area contributed by atoms with Crippen molar-refractivity contribution in [3.05, 3.63) is 26.7 Å². The van der Waals surface area contributed by atoms with Crippen LogP contribution in [0.25, 0.3) is 0 Å². The maximum Gasteiger partial charge on any atom is 0.228 e. The highest BCUT2D eigenvalue weighted by Gasteiger charge is 2.25. The minimum Gasteiger partial charge on any atom is -0.368 e. The average molecular weight is 344 g/mol. The Kier molecular flexibility index (Phi) is 4.87. The van der Waals surface area contributed by atoms with Crippen LogP contribution in [0, 0.1) is 6.92 Å². The molecular weight excluding hydrogens is 325 g/mol. The van der Waals surface area contributed by atoms with Crippen molar-refractivity contribution in [3.63, 3.8) is 0 Å². The van der Waals surface area contributed by atoms with Crippen LogP contribution in [0.5, 0.6) is 0 Å². The van der Waals surface area contributed by atoms with Crippen LogP contribution >= 0.6 is 22.9 Å². The summed E-state index contributed by atoms with van der Waals surface area (Å²) >= 11 is 7.63. The first-order chi connectivity index (χ1) is 10.2. The predicted molar refractivity (Wildman–Crippen MR) is 89.1 cm³/mol. The molecule has 0 saturated carbocycles. The Bertz CT molecular complexity index is 648. The van der Waals surface area contributed by atoms with Crippen molar-refractivity contribution >= 4 is 34.8 Å². The minimum atomic E-state index is -1.68. The van der Waals surface area contributed by atoms with Gasteiger partial charge in [0.25, 0.3) is 0 Å². The van der Waals surface area contributed by atoms with Gasteiger partial charge in [-0.3, -0.25) is 0 Å². The first kappa shape index (κ1) is 16.9. The Morgan fingerprint density at radius 1 is 1.41 bits per heavy atom. The Labute approximate surface area is 138 Å². The fourth-order valence-electron chi connectivity index (χ4n) is 1.91. The Balaban J connectivity index is 2.30. The molecule has 0 fully saturated rings. The molecule has 0 aromatic carbocycles. The summed E-state index contributed by atoms with van der Waals surface area (Å²) in [6.45, 7) is 6.75. The van der Waals surface area contributed by atoms with Gasteiger partial charge in [0.2, 0.25) is 11.9 Å². The topological polar surface area (TPSA) is 76.7 Å². The lowest BCUT2D eigenvalue weighted by molar-refractivity contribution is 0.206. The molecular formula is C14H19ClFN5S. The number of nitrogens with zero attached hydrogens (tertiary/aromatic N) is 3. The van der Waals surface area contributed by atoms with Gasteiger partial charge < -0.3 is 11.1 Å². The maximum absolute atomic E-state index is 14.0. The molecule has 22 heavy (non-hydrogen) atoms. The van der Waals surface area contributed by atoms with E-state index in [1.165, 1.54) is 25.2 Å². The van der Waals surface area contributed by atoms with E-state index in [9.17, 15) is 4.39 Å². The molecule has 2 heterocycles. The molecule has 1 atom stereocenters. The van der Waals surface area contributed by atoms with Crippen LogP contribution in [0.1, 0.15) is 49.5 Å². The van der Waals surface area contributed by atoms with Gasteiger partial charge in [-0.2, -0.15) is 15.0 Å². The summed E-state index contributed by atoms with van der Waals surface area (Å²) in [5.41, 5.74) is 5.00. The lowest BCUT2D eigenvalue weighted by Crippen LogP contribution is -2.19.